The quantitative estimate of drug-likeness (QED) is 0.623. The molecule has 0 bridgehead atoms. The van der Waals surface area contributed by atoms with E-state index in [9.17, 15) is 0 Å². The Hall–Kier alpha value is -0.120. The fourth-order valence-electron chi connectivity index (χ4n) is 1.23. The molecule has 0 N–H and O–H groups in total. The van der Waals surface area contributed by atoms with Gasteiger partial charge >= 0.3 is 0 Å². The molecule has 0 aliphatic carbocycles. The van der Waals surface area contributed by atoms with E-state index in [0.717, 1.165) is 0 Å². The summed E-state index contributed by atoms with van der Waals surface area (Å²) in [6.07, 6.45) is 0.141. The van der Waals surface area contributed by atoms with Crippen LogP contribution < -0.4 is 0 Å². The fourth-order valence-corrected chi connectivity index (χ4v) is 1.23. The van der Waals surface area contributed by atoms with Crippen molar-refractivity contribution in [3.8, 4) is 0 Å². The normalized spacial score (nSPS) is 13.8. The monoisotopic (exact) mass is 190 g/mol. The van der Waals surface area contributed by atoms with E-state index in [4.69, 9.17) is 14.2 Å². The van der Waals surface area contributed by atoms with Gasteiger partial charge in [-0.15, -0.1) is 0 Å². The van der Waals surface area contributed by atoms with Gasteiger partial charge in [0, 0.05) is 7.11 Å². The molecule has 0 aromatic rings. The van der Waals surface area contributed by atoms with Crippen LogP contribution in [0.4, 0.5) is 0 Å². The topological polar surface area (TPSA) is 27.7 Å². The van der Waals surface area contributed by atoms with Crippen LogP contribution in [-0.4, -0.2) is 24.8 Å². The minimum absolute atomic E-state index is 0.141. The average Bonchev–Trinajstić information content (AvgIpc) is 1.81. The first-order valence-electron chi connectivity index (χ1n) is 4.62. The first-order chi connectivity index (χ1) is 5.68. The molecule has 0 fully saturated rings. The summed E-state index contributed by atoms with van der Waals surface area (Å²) in [4.78, 5) is 0. The van der Waals surface area contributed by atoms with E-state index in [2.05, 4.69) is 0 Å². The molecule has 0 rings (SSSR count). The lowest BCUT2D eigenvalue weighted by molar-refractivity contribution is -0.335. The minimum Gasteiger partial charge on any atom is -0.354 e. The highest BCUT2D eigenvalue weighted by atomic mass is 16.8. The molecule has 0 aromatic carbocycles. The number of ether oxygens (including phenoxy) is 3. The maximum atomic E-state index is 5.64. The van der Waals surface area contributed by atoms with Crippen LogP contribution in [0.1, 0.15) is 41.5 Å². The van der Waals surface area contributed by atoms with Gasteiger partial charge in [0.1, 0.15) is 0 Å². The van der Waals surface area contributed by atoms with Gasteiger partial charge in [0.05, 0.1) is 6.10 Å². The Bertz CT molecular complexity index is 150. The summed E-state index contributed by atoms with van der Waals surface area (Å²) < 4.78 is 16.4. The van der Waals surface area contributed by atoms with Crippen LogP contribution >= 0.6 is 0 Å². The second-order valence-electron chi connectivity index (χ2n) is 4.27. The summed E-state index contributed by atoms with van der Waals surface area (Å²) in [5.74, 6) is -1.23. The zero-order valence-corrected chi connectivity index (χ0v) is 9.80. The Labute approximate surface area is 81.4 Å². The van der Waals surface area contributed by atoms with Crippen molar-refractivity contribution in [3.63, 3.8) is 0 Å². The van der Waals surface area contributed by atoms with Crippen LogP contribution in [0.2, 0.25) is 0 Å². The molecule has 0 aliphatic rings. The van der Waals surface area contributed by atoms with Crippen molar-refractivity contribution < 1.29 is 14.2 Å². The third-order valence-electron chi connectivity index (χ3n) is 1.50. The highest BCUT2D eigenvalue weighted by Gasteiger charge is 2.30. The van der Waals surface area contributed by atoms with Crippen LogP contribution in [0.15, 0.2) is 0 Å². The molecule has 13 heavy (non-hydrogen) atoms. The first kappa shape index (κ1) is 12.9. The van der Waals surface area contributed by atoms with Crippen molar-refractivity contribution in [2.75, 3.05) is 7.11 Å². The summed E-state index contributed by atoms with van der Waals surface area (Å²) in [7, 11) is 1.62. The second kappa shape index (κ2) is 4.40. The van der Waals surface area contributed by atoms with Crippen molar-refractivity contribution in [1.29, 1.82) is 0 Å². The van der Waals surface area contributed by atoms with Crippen molar-refractivity contribution in [1.82, 2.24) is 0 Å². The molecule has 0 saturated carbocycles. The summed E-state index contributed by atoms with van der Waals surface area (Å²) in [6, 6.07) is 0. The number of rotatable bonds is 5. The summed E-state index contributed by atoms with van der Waals surface area (Å²) in [6.45, 7) is 11.4. The Morgan fingerprint density at radius 3 is 1.69 bits per heavy atom. The van der Waals surface area contributed by atoms with Crippen molar-refractivity contribution >= 4 is 0 Å². The van der Waals surface area contributed by atoms with Crippen molar-refractivity contribution in [2.24, 2.45) is 0 Å². The second-order valence-corrected chi connectivity index (χ2v) is 4.27. The smallest absolute Gasteiger partial charge is 0.166 e. The Balaban J connectivity index is 4.16. The molecule has 0 aliphatic heterocycles. The number of hydrogen-bond donors (Lipinski definition) is 0. The van der Waals surface area contributed by atoms with E-state index in [0.29, 0.717) is 0 Å². The predicted octanol–water partition coefficient (Wildman–Crippen LogP) is 2.55. The Morgan fingerprint density at radius 2 is 1.38 bits per heavy atom. The lowest BCUT2D eigenvalue weighted by Gasteiger charge is -2.35. The molecule has 0 spiro atoms. The van der Waals surface area contributed by atoms with Gasteiger partial charge in [-0.05, 0) is 41.5 Å². The van der Waals surface area contributed by atoms with E-state index in [1.165, 1.54) is 0 Å². The lowest BCUT2D eigenvalue weighted by atomic mass is 10.3. The largest absolute Gasteiger partial charge is 0.354 e. The average molecular weight is 190 g/mol. The molecular formula is C10H22O3. The van der Waals surface area contributed by atoms with Gasteiger partial charge < -0.3 is 14.2 Å². The van der Waals surface area contributed by atoms with Crippen LogP contribution in [0.25, 0.3) is 0 Å². The Morgan fingerprint density at radius 1 is 0.923 bits per heavy atom. The molecule has 0 unspecified atom stereocenters. The van der Waals surface area contributed by atoms with Gasteiger partial charge in [0.15, 0.2) is 11.6 Å². The minimum atomic E-state index is -0.617. The van der Waals surface area contributed by atoms with Crippen molar-refractivity contribution in [3.05, 3.63) is 0 Å². The lowest BCUT2D eigenvalue weighted by Crippen LogP contribution is -2.41. The Kier molecular flexibility index (Phi) is 4.36. The van der Waals surface area contributed by atoms with E-state index in [-0.39, 0.29) is 6.10 Å². The van der Waals surface area contributed by atoms with Gasteiger partial charge in [0.2, 0.25) is 0 Å². The van der Waals surface area contributed by atoms with Crippen LogP contribution in [0, 0.1) is 0 Å². The molecule has 0 aromatic heterocycles. The molecular weight excluding hydrogens is 168 g/mol. The van der Waals surface area contributed by atoms with Gasteiger partial charge in [-0.2, -0.15) is 0 Å². The zero-order chi connectivity index (χ0) is 10.7. The van der Waals surface area contributed by atoms with Crippen LogP contribution in [-0.2, 0) is 14.2 Å². The molecule has 3 heteroatoms. The molecule has 0 radical (unpaired) electrons. The maximum absolute atomic E-state index is 5.64. The van der Waals surface area contributed by atoms with Gasteiger partial charge in [0.25, 0.3) is 0 Å². The van der Waals surface area contributed by atoms with Crippen LogP contribution in [0.3, 0.4) is 0 Å². The molecule has 0 heterocycles. The van der Waals surface area contributed by atoms with E-state index < -0.39 is 11.6 Å². The molecule has 80 valence electrons. The van der Waals surface area contributed by atoms with Crippen LogP contribution in [0.5, 0.6) is 0 Å². The third-order valence-corrected chi connectivity index (χ3v) is 1.50. The highest BCUT2D eigenvalue weighted by Crippen LogP contribution is 2.22. The predicted molar refractivity (Wildman–Crippen MR) is 52.5 cm³/mol. The number of hydrogen-bond acceptors (Lipinski definition) is 3. The van der Waals surface area contributed by atoms with E-state index >= 15 is 0 Å². The molecule has 0 amide bonds. The third kappa shape index (κ3) is 6.02. The highest BCUT2D eigenvalue weighted by molar-refractivity contribution is 4.62. The SMILES string of the molecule is COC(C)(C)OC(C)(C)OC(C)C. The standard InChI is InChI=1S/C10H22O3/c1-8(2)12-10(5,6)13-9(3,4)11-7/h8H,1-7H3. The maximum Gasteiger partial charge on any atom is 0.166 e. The zero-order valence-electron chi connectivity index (χ0n) is 9.80. The molecule has 0 saturated heterocycles. The first-order valence-corrected chi connectivity index (χ1v) is 4.62. The van der Waals surface area contributed by atoms with E-state index in [1.54, 1.807) is 7.11 Å². The summed E-state index contributed by atoms with van der Waals surface area (Å²) >= 11 is 0. The van der Waals surface area contributed by atoms with Crippen molar-refractivity contribution in [2.45, 2.75) is 59.2 Å². The number of methoxy groups -OCH3 is 1. The van der Waals surface area contributed by atoms with Gasteiger partial charge in [-0.3, -0.25) is 0 Å². The molecule has 0 atom stereocenters. The van der Waals surface area contributed by atoms with Gasteiger partial charge in [-0.1, -0.05) is 0 Å². The fraction of sp³-hybridized carbons (Fsp3) is 1.00. The summed E-state index contributed by atoms with van der Waals surface area (Å²) in [5.41, 5.74) is 0. The summed E-state index contributed by atoms with van der Waals surface area (Å²) in [5, 5.41) is 0. The molecule has 3 nitrogen and oxygen atoms in total. The van der Waals surface area contributed by atoms with E-state index in [1.807, 2.05) is 41.5 Å². The van der Waals surface area contributed by atoms with Gasteiger partial charge in [-0.25, -0.2) is 0 Å².